The van der Waals surface area contributed by atoms with Gasteiger partial charge in [-0.25, -0.2) is 4.79 Å². The van der Waals surface area contributed by atoms with Crippen molar-refractivity contribution in [3.8, 4) is 0 Å². The highest BCUT2D eigenvalue weighted by Gasteiger charge is 2.32. The highest BCUT2D eigenvalue weighted by Crippen LogP contribution is 2.32. The highest BCUT2D eigenvalue weighted by atomic mass is 35.5. The molecular formula is C19H29ClN2O2. The summed E-state index contributed by atoms with van der Waals surface area (Å²) in [5.41, 5.74) is 0.795. The number of alkyl carbamates (subject to hydrolysis) is 1. The first-order valence-corrected chi connectivity index (χ1v) is 9.08. The third kappa shape index (κ3) is 7.10. The quantitative estimate of drug-likeness (QED) is 0.774. The van der Waals surface area contributed by atoms with Gasteiger partial charge in [-0.3, -0.25) is 0 Å². The third-order valence-electron chi connectivity index (χ3n) is 4.01. The molecule has 134 valence electrons. The smallest absolute Gasteiger partial charge is 0.407 e. The van der Waals surface area contributed by atoms with E-state index in [0.717, 1.165) is 11.4 Å². The number of halogens is 1. The van der Waals surface area contributed by atoms with Crippen molar-refractivity contribution in [2.24, 2.45) is 5.92 Å². The standard InChI is InChI=1S/C19H29ClN2O2/c1-13(11-14-5-9-16(20)10-6-14)22-17(15-7-8-15)12-21-18(23)24-19(2,3)4/h5-6,9-10,13,15,17,22H,7-8,11-12H2,1-4H3,(H,21,23). The zero-order chi connectivity index (χ0) is 17.7. The number of nitrogens with one attached hydrogen (secondary N) is 2. The lowest BCUT2D eigenvalue weighted by Gasteiger charge is -2.25. The van der Waals surface area contributed by atoms with Crippen LogP contribution < -0.4 is 10.6 Å². The Balaban J connectivity index is 1.80. The van der Waals surface area contributed by atoms with Crippen LogP contribution in [0.2, 0.25) is 5.02 Å². The molecule has 0 radical (unpaired) electrons. The molecular weight excluding hydrogens is 324 g/mol. The predicted molar refractivity (Wildman–Crippen MR) is 98.5 cm³/mol. The van der Waals surface area contributed by atoms with Gasteiger partial charge in [-0.15, -0.1) is 0 Å². The molecule has 2 unspecified atom stereocenters. The number of benzene rings is 1. The van der Waals surface area contributed by atoms with Crippen LogP contribution in [0.15, 0.2) is 24.3 Å². The third-order valence-corrected chi connectivity index (χ3v) is 4.26. The topological polar surface area (TPSA) is 50.4 Å². The average Bonchev–Trinajstić information content (AvgIpc) is 3.28. The van der Waals surface area contributed by atoms with Crippen molar-refractivity contribution in [1.29, 1.82) is 0 Å². The first kappa shape index (κ1) is 19.1. The Hall–Kier alpha value is -1.26. The van der Waals surface area contributed by atoms with Gasteiger partial charge in [0.1, 0.15) is 5.60 Å². The van der Waals surface area contributed by atoms with Gasteiger partial charge in [-0.05, 0) is 70.6 Å². The van der Waals surface area contributed by atoms with Gasteiger partial charge in [0.05, 0.1) is 0 Å². The minimum absolute atomic E-state index is 0.291. The van der Waals surface area contributed by atoms with Crippen molar-refractivity contribution < 1.29 is 9.53 Å². The Labute approximate surface area is 150 Å². The monoisotopic (exact) mass is 352 g/mol. The van der Waals surface area contributed by atoms with Crippen LogP contribution in [0.3, 0.4) is 0 Å². The summed E-state index contributed by atoms with van der Waals surface area (Å²) >= 11 is 5.93. The maximum atomic E-state index is 11.8. The van der Waals surface area contributed by atoms with Crippen LogP contribution in [0.25, 0.3) is 0 Å². The van der Waals surface area contributed by atoms with Crippen LogP contribution in [0.4, 0.5) is 4.79 Å². The summed E-state index contributed by atoms with van der Waals surface area (Å²) in [5.74, 6) is 0.646. The van der Waals surface area contributed by atoms with Crippen molar-refractivity contribution in [3.05, 3.63) is 34.9 Å². The van der Waals surface area contributed by atoms with E-state index in [9.17, 15) is 4.79 Å². The minimum atomic E-state index is -0.464. The van der Waals surface area contributed by atoms with E-state index in [1.807, 2.05) is 32.9 Å². The first-order valence-electron chi connectivity index (χ1n) is 8.70. The van der Waals surface area contributed by atoms with Crippen LogP contribution in [-0.4, -0.2) is 30.3 Å². The molecule has 1 aliphatic rings. The molecule has 1 aliphatic carbocycles. The molecule has 1 saturated carbocycles. The largest absolute Gasteiger partial charge is 0.444 e. The Morgan fingerprint density at radius 3 is 2.46 bits per heavy atom. The summed E-state index contributed by atoms with van der Waals surface area (Å²) in [7, 11) is 0. The number of carbonyl (C=O) groups is 1. The molecule has 5 heteroatoms. The van der Waals surface area contributed by atoms with E-state index in [2.05, 4.69) is 29.7 Å². The molecule has 1 fully saturated rings. The molecule has 1 aromatic carbocycles. The number of amides is 1. The second-order valence-corrected chi connectivity index (χ2v) is 8.16. The summed E-state index contributed by atoms with van der Waals surface area (Å²) in [5, 5.41) is 7.31. The number of rotatable bonds is 7. The maximum Gasteiger partial charge on any atom is 0.407 e. The molecule has 1 amide bonds. The fourth-order valence-corrected chi connectivity index (χ4v) is 2.89. The zero-order valence-electron chi connectivity index (χ0n) is 15.1. The van der Waals surface area contributed by atoms with E-state index in [1.54, 1.807) is 0 Å². The summed E-state index contributed by atoms with van der Waals surface area (Å²) in [4.78, 5) is 11.8. The van der Waals surface area contributed by atoms with Gasteiger partial charge in [0.25, 0.3) is 0 Å². The minimum Gasteiger partial charge on any atom is -0.444 e. The Morgan fingerprint density at radius 1 is 1.29 bits per heavy atom. The molecule has 0 heterocycles. The fourth-order valence-electron chi connectivity index (χ4n) is 2.77. The first-order chi connectivity index (χ1) is 11.2. The van der Waals surface area contributed by atoms with Gasteiger partial charge >= 0.3 is 6.09 Å². The summed E-state index contributed by atoms with van der Waals surface area (Å²) < 4.78 is 5.31. The van der Waals surface area contributed by atoms with E-state index in [1.165, 1.54) is 18.4 Å². The van der Waals surface area contributed by atoms with Crippen molar-refractivity contribution in [2.45, 2.75) is 64.6 Å². The lowest BCUT2D eigenvalue weighted by molar-refractivity contribution is 0.0520. The molecule has 2 atom stereocenters. The van der Waals surface area contributed by atoms with Crippen LogP contribution in [0, 0.1) is 5.92 Å². The number of hydrogen-bond donors (Lipinski definition) is 2. The molecule has 1 aromatic rings. The number of carbonyl (C=O) groups excluding carboxylic acids is 1. The average molecular weight is 353 g/mol. The van der Waals surface area contributed by atoms with Crippen molar-refractivity contribution in [3.63, 3.8) is 0 Å². The molecule has 0 bridgehead atoms. The van der Waals surface area contributed by atoms with Gasteiger partial charge in [-0.2, -0.15) is 0 Å². The van der Waals surface area contributed by atoms with Crippen molar-refractivity contribution in [2.75, 3.05) is 6.54 Å². The Bertz CT molecular complexity index is 535. The van der Waals surface area contributed by atoms with Crippen LogP contribution >= 0.6 is 11.6 Å². The molecule has 2 N–H and O–H groups in total. The molecule has 2 rings (SSSR count). The van der Waals surface area contributed by atoms with E-state index in [0.29, 0.717) is 24.5 Å². The fraction of sp³-hybridized carbons (Fsp3) is 0.632. The Kier molecular flexibility index (Phi) is 6.53. The highest BCUT2D eigenvalue weighted by molar-refractivity contribution is 6.30. The summed E-state index contributed by atoms with van der Waals surface area (Å²) in [6.45, 7) is 8.40. The SMILES string of the molecule is CC(Cc1ccc(Cl)cc1)NC(CNC(=O)OC(C)(C)C)C1CC1. The maximum absolute atomic E-state index is 11.8. The molecule has 24 heavy (non-hydrogen) atoms. The lowest BCUT2D eigenvalue weighted by atomic mass is 10.1. The van der Waals surface area contributed by atoms with Crippen LogP contribution in [0.5, 0.6) is 0 Å². The summed E-state index contributed by atoms with van der Waals surface area (Å²) in [6, 6.07) is 8.59. The molecule has 0 spiro atoms. The van der Waals surface area contributed by atoms with E-state index in [4.69, 9.17) is 16.3 Å². The van der Waals surface area contributed by atoms with Gasteiger partial charge in [0.15, 0.2) is 0 Å². The van der Waals surface area contributed by atoms with Crippen LogP contribution in [0.1, 0.15) is 46.1 Å². The van der Waals surface area contributed by atoms with Gasteiger partial charge in [0.2, 0.25) is 0 Å². The second kappa shape index (κ2) is 8.21. The molecule has 0 aliphatic heterocycles. The molecule has 4 nitrogen and oxygen atoms in total. The van der Waals surface area contributed by atoms with Crippen molar-refractivity contribution in [1.82, 2.24) is 10.6 Å². The zero-order valence-corrected chi connectivity index (χ0v) is 15.8. The van der Waals surface area contributed by atoms with Crippen LogP contribution in [-0.2, 0) is 11.2 Å². The molecule has 0 aromatic heterocycles. The number of ether oxygens (including phenoxy) is 1. The lowest BCUT2D eigenvalue weighted by Crippen LogP contribution is -2.47. The second-order valence-electron chi connectivity index (χ2n) is 7.73. The van der Waals surface area contributed by atoms with E-state index >= 15 is 0 Å². The normalized spacial score (nSPS) is 17.2. The van der Waals surface area contributed by atoms with Crippen molar-refractivity contribution >= 4 is 17.7 Å². The molecule has 0 saturated heterocycles. The summed E-state index contributed by atoms with van der Waals surface area (Å²) in [6.07, 6.45) is 3.04. The van der Waals surface area contributed by atoms with E-state index in [-0.39, 0.29) is 6.09 Å². The number of hydrogen-bond acceptors (Lipinski definition) is 3. The van der Waals surface area contributed by atoms with E-state index < -0.39 is 5.60 Å². The van der Waals surface area contributed by atoms with Gasteiger partial charge in [0, 0.05) is 23.7 Å². The Morgan fingerprint density at radius 2 is 1.92 bits per heavy atom. The predicted octanol–water partition coefficient (Wildman–Crippen LogP) is 4.16. The van der Waals surface area contributed by atoms with Gasteiger partial charge < -0.3 is 15.4 Å². The van der Waals surface area contributed by atoms with Gasteiger partial charge in [-0.1, -0.05) is 23.7 Å².